The van der Waals surface area contributed by atoms with Gasteiger partial charge in [-0.05, 0) is 24.3 Å². The first-order chi connectivity index (χ1) is 13.8. The number of rotatable bonds is 4. The molecule has 1 aliphatic rings. The second-order valence-corrected chi connectivity index (χ2v) is 7.78. The Hall–Kier alpha value is -2.84. The molecule has 1 aliphatic heterocycles. The van der Waals surface area contributed by atoms with Crippen LogP contribution < -0.4 is 4.90 Å². The van der Waals surface area contributed by atoms with Crippen LogP contribution in [0.3, 0.4) is 0 Å². The summed E-state index contributed by atoms with van der Waals surface area (Å²) in [5, 5.41) is 13.9. The van der Waals surface area contributed by atoms with Crippen LogP contribution in [0.5, 0.6) is 0 Å². The van der Waals surface area contributed by atoms with Crippen molar-refractivity contribution in [1.82, 2.24) is 24.7 Å². The van der Waals surface area contributed by atoms with E-state index in [0.29, 0.717) is 6.54 Å². The number of aromatic nitrogens is 4. The largest absolute Gasteiger partial charge is 0.369 e. The van der Waals surface area contributed by atoms with Crippen LogP contribution in [0.25, 0.3) is 15.5 Å². The first-order valence-electron chi connectivity index (χ1n) is 9.26. The van der Waals surface area contributed by atoms with Gasteiger partial charge in [-0.3, -0.25) is 4.90 Å². The molecular weight excluding hydrogens is 375 g/mol. The minimum absolute atomic E-state index is 0.264. The van der Waals surface area contributed by atoms with Crippen LogP contribution in [0.2, 0.25) is 0 Å². The van der Waals surface area contributed by atoms with Crippen LogP contribution in [-0.4, -0.2) is 50.9 Å². The number of para-hydroxylation sites is 1. The summed E-state index contributed by atoms with van der Waals surface area (Å²) in [4.78, 5) is 5.51. The molecule has 1 fully saturated rings. The van der Waals surface area contributed by atoms with E-state index < -0.39 is 0 Å². The van der Waals surface area contributed by atoms with Crippen LogP contribution >= 0.6 is 11.3 Å². The summed E-state index contributed by atoms with van der Waals surface area (Å²) in [5.41, 5.74) is 2.03. The van der Waals surface area contributed by atoms with Gasteiger partial charge in [0.1, 0.15) is 10.8 Å². The molecule has 5 rings (SSSR count). The molecule has 0 atom stereocenters. The van der Waals surface area contributed by atoms with Gasteiger partial charge in [0.25, 0.3) is 0 Å². The van der Waals surface area contributed by atoms with Crippen molar-refractivity contribution in [3.8, 4) is 10.6 Å². The predicted molar refractivity (Wildman–Crippen MR) is 108 cm³/mol. The fourth-order valence-electron chi connectivity index (χ4n) is 3.50. The molecule has 6 nitrogen and oxygen atoms in total. The molecule has 0 radical (unpaired) electrons. The quantitative estimate of drug-likeness (QED) is 0.532. The lowest BCUT2D eigenvalue weighted by Gasteiger charge is -2.35. The molecule has 4 aromatic rings. The van der Waals surface area contributed by atoms with Crippen LogP contribution in [0.1, 0.15) is 5.82 Å². The van der Waals surface area contributed by atoms with E-state index >= 15 is 0 Å². The number of piperazine rings is 1. The molecule has 2 aromatic heterocycles. The van der Waals surface area contributed by atoms with Crippen molar-refractivity contribution in [2.45, 2.75) is 6.54 Å². The average molecular weight is 394 g/mol. The van der Waals surface area contributed by atoms with Gasteiger partial charge in [-0.15, -0.1) is 10.2 Å². The highest BCUT2D eigenvalue weighted by molar-refractivity contribution is 7.19. The first-order valence-corrected chi connectivity index (χ1v) is 10.1. The fourth-order valence-corrected chi connectivity index (χ4v) is 4.35. The van der Waals surface area contributed by atoms with E-state index in [-0.39, 0.29) is 5.82 Å². The number of fused-ring (bicyclic) bond motifs is 1. The molecule has 0 aliphatic carbocycles. The third-order valence-electron chi connectivity index (χ3n) is 4.99. The zero-order valence-corrected chi connectivity index (χ0v) is 16.0. The summed E-state index contributed by atoms with van der Waals surface area (Å²) >= 11 is 1.42. The van der Waals surface area contributed by atoms with Crippen molar-refractivity contribution in [3.63, 3.8) is 0 Å². The van der Waals surface area contributed by atoms with Crippen molar-refractivity contribution < 1.29 is 4.39 Å². The minimum Gasteiger partial charge on any atom is -0.369 e. The highest BCUT2D eigenvalue weighted by Crippen LogP contribution is 2.26. The summed E-state index contributed by atoms with van der Waals surface area (Å²) in [6, 6.07) is 17.0. The third kappa shape index (κ3) is 3.36. The predicted octanol–water partition coefficient (Wildman–Crippen LogP) is 3.31. The van der Waals surface area contributed by atoms with Crippen molar-refractivity contribution in [3.05, 3.63) is 66.2 Å². The summed E-state index contributed by atoms with van der Waals surface area (Å²) < 4.78 is 15.3. The van der Waals surface area contributed by atoms with E-state index in [9.17, 15) is 4.39 Å². The number of hydrogen-bond acceptors (Lipinski definition) is 6. The van der Waals surface area contributed by atoms with E-state index in [1.54, 1.807) is 10.6 Å². The van der Waals surface area contributed by atoms with E-state index in [0.717, 1.165) is 47.5 Å². The summed E-state index contributed by atoms with van der Waals surface area (Å²) in [6.07, 6.45) is 0. The van der Waals surface area contributed by atoms with Gasteiger partial charge in [-0.25, -0.2) is 4.39 Å². The zero-order chi connectivity index (χ0) is 18.9. The number of halogens is 1. The lowest BCUT2D eigenvalue weighted by Crippen LogP contribution is -2.46. The Bertz CT molecular complexity index is 1080. The molecule has 8 heteroatoms. The zero-order valence-electron chi connectivity index (χ0n) is 15.2. The smallest absolute Gasteiger partial charge is 0.235 e. The van der Waals surface area contributed by atoms with Crippen molar-refractivity contribution in [2.75, 3.05) is 31.1 Å². The molecule has 1 saturated heterocycles. The Balaban J connectivity index is 1.30. The van der Waals surface area contributed by atoms with Crippen molar-refractivity contribution in [1.29, 1.82) is 0 Å². The van der Waals surface area contributed by atoms with Gasteiger partial charge < -0.3 is 4.90 Å². The van der Waals surface area contributed by atoms with Crippen molar-refractivity contribution in [2.24, 2.45) is 0 Å². The molecule has 0 spiro atoms. The van der Waals surface area contributed by atoms with Crippen LogP contribution in [0, 0.1) is 5.82 Å². The van der Waals surface area contributed by atoms with Gasteiger partial charge in [-0.2, -0.15) is 9.61 Å². The molecule has 3 heterocycles. The number of benzene rings is 2. The minimum atomic E-state index is -0.264. The molecule has 0 saturated carbocycles. The fraction of sp³-hybridized carbons (Fsp3) is 0.250. The standard InChI is InChI=1S/C20H19FN6S/c21-16-6-4-5-15(13-16)19-24-27-18(22-23-20(27)28-19)14-25-9-11-26(12-10-25)17-7-2-1-3-8-17/h1-8,13H,9-12,14H2. The van der Waals surface area contributed by atoms with Gasteiger partial charge in [0.2, 0.25) is 4.96 Å². The maximum Gasteiger partial charge on any atom is 0.235 e. The SMILES string of the molecule is Fc1cccc(-c2nn3c(CN4CCN(c5ccccc5)CC4)nnc3s2)c1. The number of nitrogens with zero attached hydrogens (tertiary/aromatic N) is 6. The topological polar surface area (TPSA) is 49.6 Å². The lowest BCUT2D eigenvalue weighted by molar-refractivity contribution is 0.242. The first kappa shape index (κ1) is 17.3. The average Bonchev–Trinajstić information content (AvgIpc) is 3.31. The molecule has 0 bridgehead atoms. The van der Waals surface area contributed by atoms with Crippen molar-refractivity contribution >= 4 is 22.0 Å². The number of hydrogen-bond donors (Lipinski definition) is 0. The lowest BCUT2D eigenvalue weighted by atomic mass is 10.2. The monoisotopic (exact) mass is 394 g/mol. The van der Waals surface area contributed by atoms with Crippen LogP contribution in [0.4, 0.5) is 10.1 Å². The maximum absolute atomic E-state index is 13.5. The van der Waals surface area contributed by atoms with Gasteiger partial charge in [0.15, 0.2) is 5.82 Å². The van der Waals surface area contributed by atoms with Crippen LogP contribution in [-0.2, 0) is 6.54 Å². The third-order valence-corrected chi connectivity index (χ3v) is 5.93. The highest BCUT2D eigenvalue weighted by atomic mass is 32.1. The highest BCUT2D eigenvalue weighted by Gasteiger charge is 2.20. The van der Waals surface area contributed by atoms with E-state index in [4.69, 9.17) is 0 Å². The molecular formula is C20H19FN6S. The summed E-state index contributed by atoms with van der Waals surface area (Å²) in [5.74, 6) is 0.557. The normalized spacial score (nSPS) is 15.4. The van der Waals surface area contributed by atoms with E-state index in [1.807, 2.05) is 12.1 Å². The Morgan fingerprint density at radius 3 is 2.54 bits per heavy atom. The molecule has 0 amide bonds. The molecule has 0 unspecified atom stereocenters. The Morgan fingerprint density at radius 1 is 0.929 bits per heavy atom. The Morgan fingerprint density at radius 2 is 1.75 bits per heavy atom. The van der Waals surface area contributed by atoms with Gasteiger partial charge in [-0.1, -0.05) is 41.7 Å². The number of anilines is 1. The molecule has 142 valence electrons. The van der Waals surface area contributed by atoms with Crippen LogP contribution in [0.15, 0.2) is 54.6 Å². The second-order valence-electron chi connectivity index (χ2n) is 6.83. The molecule has 0 N–H and O–H groups in total. The van der Waals surface area contributed by atoms with Gasteiger partial charge in [0, 0.05) is 37.4 Å². The van der Waals surface area contributed by atoms with E-state index in [1.165, 1.54) is 29.2 Å². The van der Waals surface area contributed by atoms with Gasteiger partial charge >= 0.3 is 0 Å². The summed E-state index contributed by atoms with van der Waals surface area (Å²) in [6.45, 7) is 4.60. The summed E-state index contributed by atoms with van der Waals surface area (Å²) in [7, 11) is 0. The maximum atomic E-state index is 13.5. The second kappa shape index (κ2) is 7.29. The van der Waals surface area contributed by atoms with Gasteiger partial charge in [0.05, 0.1) is 6.54 Å². The Labute approximate surface area is 165 Å². The Kier molecular flexibility index (Phi) is 4.50. The molecule has 28 heavy (non-hydrogen) atoms. The molecule has 2 aromatic carbocycles. The van der Waals surface area contributed by atoms with E-state index in [2.05, 4.69) is 49.4 Å².